The Hall–Kier alpha value is -1.18. The first kappa shape index (κ1) is 12.9. The van der Waals surface area contributed by atoms with Crippen molar-refractivity contribution in [2.75, 3.05) is 13.2 Å². The van der Waals surface area contributed by atoms with E-state index < -0.39 is 5.41 Å². The molecular weight excluding hydrogens is 206 g/mol. The van der Waals surface area contributed by atoms with Crippen molar-refractivity contribution in [1.82, 2.24) is 0 Å². The van der Waals surface area contributed by atoms with Crippen LogP contribution in [0.4, 0.5) is 0 Å². The summed E-state index contributed by atoms with van der Waals surface area (Å²) >= 11 is 0. The third kappa shape index (κ3) is 2.16. The zero-order valence-corrected chi connectivity index (χ0v) is 9.86. The number of hydrogen-bond donors (Lipinski definition) is 1. The highest BCUT2D eigenvalue weighted by molar-refractivity contribution is 6.04. The molecule has 0 bridgehead atoms. The summed E-state index contributed by atoms with van der Waals surface area (Å²) in [6, 6.07) is 1.92. The number of hydrogen-bond acceptors (Lipinski definition) is 4. The van der Waals surface area contributed by atoms with E-state index in [1.165, 1.54) is 0 Å². The summed E-state index contributed by atoms with van der Waals surface area (Å²) in [5.74, 6) is -0.190. The standard InChI is InChI=1S/C12H17NO3/c1-8-6-9(7-13)10(15)12(2,3)11(8)16-5-4-14/h6,8,11,14H,4-5H2,1-3H3. The van der Waals surface area contributed by atoms with Crippen molar-refractivity contribution in [3.63, 3.8) is 0 Å². The van der Waals surface area contributed by atoms with Gasteiger partial charge >= 0.3 is 0 Å². The Morgan fingerprint density at radius 2 is 2.25 bits per heavy atom. The Bertz CT molecular complexity index is 352. The van der Waals surface area contributed by atoms with E-state index in [4.69, 9.17) is 15.1 Å². The van der Waals surface area contributed by atoms with E-state index in [1.54, 1.807) is 19.9 Å². The van der Waals surface area contributed by atoms with E-state index >= 15 is 0 Å². The van der Waals surface area contributed by atoms with Crippen LogP contribution in [0.2, 0.25) is 0 Å². The van der Waals surface area contributed by atoms with Crippen LogP contribution in [0.25, 0.3) is 0 Å². The van der Waals surface area contributed by atoms with E-state index in [9.17, 15) is 4.79 Å². The fraction of sp³-hybridized carbons (Fsp3) is 0.667. The number of nitriles is 1. The van der Waals surface area contributed by atoms with Crippen LogP contribution in [0, 0.1) is 22.7 Å². The lowest BCUT2D eigenvalue weighted by Crippen LogP contribution is -2.46. The summed E-state index contributed by atoms with van der Waals surface area (Å²) in [6.45, 7) is 5.60. The molecule has 0 aromatic rings. The first-order valence-corrected chi connectivity index (χ1v) is 5.34. The first-order valence-electron chi connectivity index (χ1n) is 5.34. The molecule has 0 heterocycles. The van der Waals surface area contributed by atoms with Gasteiger partial charge in [-0.25, -0.2) is 0 Å². The lowest BCUT2D eigenvalue weighted by atomic mass is 9.70. The molecule has 0 radical (unpaired) electrons. The Balaban J connectivity index is 3.00. The molecule has 4 nitrogen and oxygen atoms in total. The highest BCUT2D eigenvalue weighted by Crippen LogP contribution is 2.37. The molecule has 0 saturated carbocycles. The Morgan fingerprint density at radius 3 is 2.75 bits per heavy atom. The van der Waals surface area contributed by atoms with Crippen LogP contribution in [0.5, 0.6) is 0 Å². The van der Waals surface area contributed by atoms with Gasteiger partial charge in [-0.05, 0) is 13.8 Å². The van der Waals surface area contributed by atoms with Gasteiger partial charge in [-0.3, -0.25) is 4.79 Å². The van der Waals surface area contributed by atoms with Crippen LogP contribution in [-0.4, -0.2) is 30.2 Å². The lowest BCUT2D eigenvalue weighted by Gasteiger charge is -2.38. The fourth-order valence-electron chi connectivity index (χ4n) is 2.19. The molecule has 0 aliphatic heterocycles. The van der Waals surface area contributed by atoms with Gasteiger partial charge in [-0.1, -0.05) is 13.0 Å². The molecule has 0 fully saturated rings. The second-order valence-electron chi connectivity index (χ2n) is 4.62. The minimum Gasteiger partial charge on any atom is -0.394 e. The van der Waals surface area contributed by atoms with Gasteiger partial charge < -0.3 is 9.84 Å². The van der Waals surface area contributed by atoms with Crippen molar-refractivity contribution < 1.29 is 14.6 Å². The second kappa shape index (κ2) is 4.77. The minimum atomic E-state index is -0.714. The van der Waals surface area contributed by atoms with E-state index in [0.717, 1.165) is 0 Å². The molecule has 1 rings (SSSR count). The molecule has 4 heteroatoms. The molecule has 1 N–H and O–H groups in total. The molecule has 0 spiro atoms. The van der Waals surface area contributed by atoms with Crippen molar-refractivity contribution in [3.05, 3.63) is 11.6 Å². The predicted molar refractivity (Wildman–Crippen MR) is 58.5 cm³/mol. The summed E-state index contributed by atoms with van der Waals surface area (Å²) < 4.78 is 5.50. The monoisotopic (exact) mass is 223 g/mol. The number of carbonyl (C=O) groups is 1. The smallest absolute Gasteiger partial charge is 0.181 e. The molecule has 1 aliphatic rings. The molecule has 0 aromatic heterocycles. The van der Waals surface area contributed by atoms with Gasteiger partial charge in [0.15, 0.2) is 5.78 Å². The van der Waals surface area contributed by atoms with E-state index in [-0.39, 0.29) is 36.6 Å². The van der Waals surface area contributed by atoms with Gasteiger partial charge in [-0.15, -0.1) is 0 Å². The maximum absolute atomic E-state index is 12.0. The summed E-state index contributed by atoms with van der Waals surface area (Å²) in [5.41, 5.74) is -0.504. The maximum Gasteiger partial charge on any atom is 0.181 e. The summed E-state index contributed by atoms with van der Waals surface area (Å²) in [4.78, 5) is 12.0. The molecule has 88 valence electrons. The Morgan fingerprint density at radius 1 is 1.62 bits per heavy atom. The van der Waals surface area contributed by atoms with Gasteiger partial charge in [0, 0.05) is 5.92 Å². The van der Waals surface area contributed by atoms with Gasteiger partial charge in [0.2, 0.25) is 0 Å². The zero-order chi connectivity index (χ0) is 12.3. The highest BCUT2D eigenvalue weighted by Gasteiger charge is 2.44. The third-order valence-electron chi connectivity index (χ3n) is 2.96. The average molecular weight is 223 g/mol. The topological polar surface area (TPSA) is 70.3 Å². The summed E-state index contributed by atoms with van der Waals surface area (Å²) in [7, 11) is 0. The van der Waals surface area contributed by atoms with Gasteiger partial charge in [0.05, 0.1) is 30.3 Å². The second-order valence-corrected chi connectivity index (χ2v) is 4.62. The van der Waals surface area contributed by atoms with Crippen LogP contribution >= 0.6 is 0 Å². The normalized spacial score (nSPS) is 28.4. The number of aliphatic hydroxyl groups excluding tert-OH is 1. The largest absolute Gasteiger partial charge is 0.394 e. The average Bonchev–Trinajstić information content (AvgIpc) is 2.23. The van der Waals surface area contributed by atoms with Crippen LogP contribution in [0.15, 0.2) is 11.6 Å². The molecule has 1 aliphatic carbocycles. The van der Waals surface area contributed by atoms with Crippen molar-refractivity contribution in [2.45, 2.75) is 26.9 Å². The number of allylic oxidation sites excluding steroid dienone is 1. The van der Waals surface area contributed by atoms with E-state index in [0.29, 0.717) is 0 Å². The van der Waals surface area contributed by atoms with Gasteiger partial charge in [0.25, 0.3) is 0 Å². The molecule has 0 saturated heterocycles. The van der Waals surface area contributed by atoms with Crippen molar-refractivity contribution in [2.24, 2.45) is 11.3 Å². The van der Waals surface area contributed by atoms with Crippen LogP contribution in [-0.2, 0) is 9.53 Å². The zero-order valence-electron chi connectivity index (χ0n) is 9.86. The predicted octanol–water partition coefficient (Wildman–Crippen LogP) is 1.06. The maximum atomic E-state index is 12.0. The third-order valence-corrected chi connectivity index (χ3v) is 2.96. The molecule has 2 unspecified atom stereocenters. The number of nitrogens with zero attached hydrogens (tertiary/aromatic N) is 1. The number of Topliss-reactive ketones (excluding diaryl/α,β-unsaturated/α-hetero) is 1. The van der Waals surface area contributed by atoms with E-state index in [2.05, 4.69) is 0 Å². The molecule has 0 amide bonds. The number of aliphatic hydroxyl groups is 1. The van der Waals surface area contributed by atoms with Crippen molar-refractivity contribution in [1.29, 1.82) is 5.26 Å². The first-order chi connectivity index (χ1) is 7.45. The van der Waals surface area contributed by atoms with E-state index in [1.807, 2.05) is 13.0 Å². The number of rotatable bonds is 3. The minimum absolute atomic E-state index is 0.00565. The van der Waals surface area contributed by atoms with Crippen LogP contribution in [0.1, 0.15) is 20.8 Å². The molecule has 0 aromatic carbocycles. The Kier molecular flexibility index (Phi) is 3.84. The van der Waals surface area contributed by atoms with Crippen molar-refractivity contribution >= 4 is 5.78 Å². The van der Waals surface area contributed by atoms with Gasteiger partial charge in [-0.2, -0.15) is 5.26 Å². The summed E-state index contributed by atoms with van der Waals surface area (Å²) in [5, 5.41) is 17.6. The van der Waals surface area contributed by atoms with Crippen molar-refractivity contribution in [3.8, 4) is 6.07 Å². The van der Waals surface area contributed by atoms with Crippen LogP contribution in [0.3, 0.4) is 0 Å². The Labute approximate surface area is 95.5 Å². The SMILES string of the molecule is CC1C=C(C#N)C(=O)C(C)(C)C1OCCO. The number of carbonyl (C=O) groups excluding carboxylic acids is 1. The lowest BCUT2D eigenvalue weighted by molar-refractivity contribution is -0.137. The fourth-order valence-corrected chi connectivity index (χ4v) is 2.19. The number of ether oxygens (including phenoxy) is 1. The molecular formula is C12H17NO3. The summed E-state index contributed by atoms with van der Waals surface area (Å²) in [6.07, 6.45) is 1.36. The van der Waals surface area contributed by atoms with Gasteiger partial charge in [0.1, 0.15) is 6.07 Å². The highest BCUT2D eigenvalue weighted by atomic mass is 16.5. The van der Waals surface area contributed by atoms with Crippen LogP contribution < -0.4 is 0 Å². The molecule has 16 heavy (non-hydrogen) atoms. The molecule has 2 atom stereocenters. The number of ketones is 1. The quantitative estimate of drug-likeness (QED) is 0.776.